The standard InChI is InChI=1S/C14H16N2O5/c17-13(7-9-3-1-2-4-9)15-12-8-10(16(20)21)5-6-11(12)14(18)19/h5-6,8-9H,1-4,7H2,(H,15,17)(H,18,19). The third kappa shape index (κ3) is 3.77. The van der Waals surface area contributed by atoms with Crippen LogP contribution < -0.4 is 5.32 Å². The van der Waals surface area contributed by atoms with Crippen LogP contribution in [0.4, 0.5) is 11.4 Å². The molecule has 0 radical (unpaired) electrons. The van der Waals surface area contributed by atoms with Crippen molar-refractivity contribution in [3.8, 4) is 0 Å². The van der Waals surface area contributed by atoms with Gasteiger partial charge in [0.05, 0.1) is 16.2 Å². The first-order valence-electron chi connectivity index (χ1n) is 6.79. The molecule has 1 aromatic rings. The molecule has 0 spiro atoms. The summed E-state index contributed by atoms with van der Waals surface area (Å²) in [4.78, 5) is 33.2. The average Bonchev–Trinajstić information content (AvgIpc) is 2.90. The number of hydrogen-bond acceptors (Lipinski definition) is 4. The van der Waals surface area contributed by atoms with E-state index >= 15 is 0 Å². The van der Waals surface area contributed by atoms with Crippen molar-refractivity contribution in [2.75, 3.05) is 5.32 Å². The summed E-state index contributed by atoms with van der Waals surface area (Å²) in [6.07, 6.45) is 4.52. The summed E-state index contributed by atoms with van der Waals surface area (Å²) < 4.78 is 0. The molecule has 0 heterocycles. The summed E-state index contributed by atoms with van der Waals surface area (Å²) in [5.74, 6) is -1.22. The van der Waals surface area contributed by atoms with Crippen LogP contribution in [0.25, 0.3) is 0 Å². The Morgan fingerprint density at radius 1 is 1.33 bits per heavy atom. The number of hydrogen-bond donors (Lipinski definition) is 2. The predicted octanol–water partition coefficient (Wildman–Crippen LogP) is 2.81. The molecule has 1 saturated carbocycles. The van der Waals surface area contributed by atoms with Gasteiger partial charge in [0.2, 0.25) is 5.91 Å². The molecule has 1 aliphatic carbocycles. The molecule has 1 fully saturated rings. The van der Waals surface area contributed by atoms with Crippen molar-refractivity contribution in [3.63, 3.8) is 0 Å². The zero-order valence-electron chi connectivity index (χ0n) is 11.4. The molecule has 2 rings (SSSR count). The molecule has 1 amide bonds. The molecule has 0 atom stereocenters. The second kappa shape index (κ2) is 6.34. The van der Waals surface area contributed by atoms with Gasteiger partial charge in [0, 0.05) is 18.6 Å². The number of nitro benzene ring substituents is 1. The number of nitrogens with zero attached hydrogens (tertiary/aromatic N) is 1. The van der Waals surface area contributed by atoms with Crippen molar-refractivity contribution in [1.29, 1.82) is 0 Å². The summed E-state index contributed by atoms with van der Waals surface area (Å²) in [6, 6.07) is 3.32. The first-order valence-corrected chi connectivity index (χ1v) is 6.79. The number of amides is 1. The summed E-state index contributed by atoms with van der Waals surface area (Å²) in [5.41, 5.74) is -0.434. The molecule has 1 aliphatic rings. The Morgan fingerprint density at radius 3 is 2.57 bits per heavy atom. The number of carbonyl (C=O) groups excluding carboxylic acids is 1. The maximum absolute atomic E-state index is 12.0. The Hall–Kier alpha value is -2.44. The van der Waals surface area contributed by atoms with E-state index in [1.807, 2.05) is 0 Å². The Balaban J connectivity index is 2.15. The van der Waals surface area contributed by atoms with Crippen molar-refractivity contribution in [2.45, 2.75) is 32.1 Å². The molecular weight excluding hydrogens is 276 g/mol. The number of non-ortho nitro benzene ring substituents is 1. The quantitative estimate of drug-likeness (QED) is 0.640. The number of carboxylic acid groups (broad SMARTS) is 1. The minimum absolute atomic E-state index is 0.0281. The van der Waals surface area contributed by atoms with Crippen molar-refractivity contribution >= 4 is 23.3 Å². The van der Waals surface area contributed by atoms with Crippen LogP contribution in [0.5, 0.6) is 0 Å². The van der Waals surface area contributed by atoms with Crippen molar-refractivity contribution < 1.29 is 19.6 Å². The van der Waals surface area contributed by atoms with Crippen LogP contribution in [-0.4, -0.2) is 21.9 Å². The lowest BCUT2D eigenvalue weighted by Gasteiger charge is -2.11. The predicted molar refractivity (Wildman–Crippen MR) is 75.3 cm³/mol. The first kappa shape index (κ1) is 15.0. The van der Waals surface area contributed by atoms with Gasteiger partial charge < -0.3 is 10.4 Å². The molecule has 7 nitrogen and oxygen atoms in total. The van der Waals surface area contributed by atoms with E-state index in [9.17, 15) is 19.7 Å². The van der Waals surface area contributed by atoms with Gasteiger partial charge in [-0.15, -0.1) is 0 Å². The molecule has 21 heavy (non-hydrogen) atoms. The number of anilines is 1. The molecule has 0 bridgehead atoms. The van der Waals surface area contributed by atoms with E-state index in [1.54, 1.807) is 0 Å². The minimum Gasteiger partial charge on any atom is -0.478 e. The Labute approximate surface area is 121 Å². The molecule has 0 aromatic heterocycles. The second-order valence-electron chi connectivity index (χ2n) is 5.19. The Bertz CT molecular complexity index is 579. The van der Waals surface area contributed by atoms with Gasteiger partial charge in [0.1, 0.15) is 0 Å². The van der Waals surface area contributed by atoms with Gasteiger partial charge in [-0.2, -0.15) is 0 Å². The van der Waals surface area contributed by atoms with E-state index < -0.39 is 10.9 Å². The fraction of sp³-hybridized carbons (Fsp3) is 0.429. The van der Waals surface area contributed by atoms with Crippen LogP contribution >= 0.6 is 0 Å². The normalized spacial score (nSPS) is 14.9. The van der Waals surface area contributed by atoms with Crippen LogP contribution in [0.2, 0.25) is 0 Å². The van der Waals surface area contributed by atoms with Gasteiger partial charge in [0.25, 0.3) is 5.69 Å². The molecule has 7 heteroatoms. The molecule has 2 N–H and O–H groups in total. The lowest BCUT2D eigenvalue weighted by Crippen LogP contribution is -2.17. The number of nitro groups is 1. The van der Waals surface area contributed by atoms with Crippen molar-refractivity contribution in [3.05, 3.63) is 33.9 Å². The lowest BCUT2D eigenvalue weighted by atomic mass is 10.0. The molecular formula is C14H16N2O5. The van der Waals surface area contributed by atoms with Crippen LogP contribution in [0.1, 0.15) is 42.5 Å². The fourth-order valence-electron chi connectivity index (χ4n) is 2.61. The lowest BCUT2D eigenvalue weighted by molar-refractivity contribution is -0.384. The van der Waals surface area contributed by atoms with E-state index in [1.165, 1.54) is 0 Å². The third-order valence-electron chi connectivity index (χ3n) is 3.67. The number of nitrogens with one attached hydrogen (secondary N) is 1. The number of rotatable bonds is 5. The maximum Gasteiger partial charge on any atom is 0.337 e. The fourth-order valence-corrected chi connectivity index (χ4v) is 2.61. The van der Waals surface area contributed by atoms with Gasteiger partial charge in [-0.3, -0.25) is 14.9 Å². The topological polar surface area (TPSA) is 110 Å². The van der Waals surface area contributed by atoms with E-state index in [2.05, 4.69) is 5.32 Å². The Kier molecular flexibility index (Phi) is 4.52. The molecule has 0 aliphatic heterocycles. The van der Waals surface area contributed by atoms with Gasteiger partial charge in [-0.05, 0) is 24.8 Å². The monoisotopic (exact) mass is 292 g/mol. The van der Waals surface area contributed by atoms with E-state index in [4.69, 9.17) is 5.11 Å². The zero-order chi connectivity index (χ0) is 15.4. The van der Waals surface area contributed by atoms with E-state index in [0.29, 0.717) is 12.3 Å². The zero-order valence-corrected chi connectivity index (χ0v) is 11.4. The highest BCUT2D eigenvalue weighted by molar-refractivity contribution is 6.01. The van der Waals surface area contributed by atoms with Crippen molar-refractivity contribution in [1.82, 2.24) is 0 Å². The van der Waals surface area contributed by atoms with Crippen molar-refractivity contribution in [2.24, 2.45) is 5.92 Å². The minimum atomic E-state index is -1.24. The second-order valence-corrected chi connectivity index (χ2v) is 5.19. The Morgan fingerprint density at radius 2 is 2.00 bits per heavy atom. The van der Waals surface area contributed by atoms with Gasteiger partial charge in [-0.1, -0.05) is 12.8 Å². The van der Waals surface area contributed by atoms with E-state index in [-0.39, 0.29) is 22.8 Å². The highest BCUT2D eigenvalue weighted by Gasteiger charge is 2.21. The van der Waals surface area contributed by atoms with Crippen LogP contribution in [0, 0.1) is 16.0 Å². The van der Waals surface area contributed by atoms with E-state index in [0.717, 1.165) is 43.9 Å². The van der Waals surface area contributed by atoms with Crippen LogP contribution in [0.15, 0.2) is 18.2 Å². The van der Waals surface area contributed by atoms with Crippen LogP contribution in [-0.2, 0) is 4.79 Å². The number of benzene rings is 1. The largest absolute Gasteiger partial charge is 0.478 e. The molecule has 112 valence electrons. The van der Waals surface area contributed by atoms with Gasteiger partial charge in [-0.25, -0.2) is 4.79 Å². The number of carboxylic acids is 1. The summed E-state index contributed by atoms with van der Waals surface area (Å²) in [7, 11) is 0. The highest BCUT2D eigenvalue weighted by atomic mass is 16.6. The van der Waals surface area contributed by atoms with Crippen LogP contribution in [0.3, 0.4) is 0 Å². The third-order valence-corrected chi connectivity index (χ3v) is 3.67. The van der Waals surface area contributed by atoms with Gasteiger partial charge >= 0.3 is 5.97 Å². The average molecular weight is 292 g/mol. The summed E-state index contributed by atoms with van der Waals surface area (Å²) >= 11 is 0. The maximum atomic E-state index is 12.0. The smallest absolute Gasteiger partial charge is 0.337 e. The SMILES string of the molecule is O=C(CC1CCCC1)Nc1cc([N+](=O)[O-])ccc1C(=O)O. The first-order chi connectivity index (χ1) is 9.97. The molecule has 0 saturated heterocycles. The number of aromatic carboxylic acids is 1. The highest BCUT2D eigenvalue weighted by Crippen LogP contribution is 2.28. The molecule has 1 aromatic carbocycles. The summed E-state index contributed by atoms with van der Waals surface area (Å²) in [5, 5.41) is 22.3. The number of carbonyl (C=O) groups is 2. The van der Waals surface area contributed by atoms with Gasteiger partial charge in [0.15, 0.2) is 0 Å². The summed E-state index contributed by atoms with van der Waals surface area (Å²) in [6.45, 7) is 0. The molecule has 0 unspecified atom stereocenters.